The number of hydrogen-bond acceptors (Lipinski definition) is 7. The van der Waals surface area contributed by atoms with Crippen LogP contribution in [0.5, 0.6) is 0 Å². The lowest BCUT2D eigenvalue weighted by Gasteiger charge is -2.03. The molecule has 0 saturated carbocycles. The summed E-state index contributed by atoms with van der Waals surface area (Å²) in [6, 6.07) is 0. The van der Waals surface area contributed by atoms with Gasteiger partial charge in [0, 0.05) is 12.5 Å². The normalized spacial score (nSPS) is 10.3. The molecule has 0 aromatic carbocycles. The molecule has 112 valence electrons. The van der Waals surface area contributed by atoms with Crippen LogP contribution >= 0.6 is 11.3 Å². The van der Waals surface area contributed by atoms with E-state index in [0.717, 1.165) is 0 Å². The van der Waals surface area contributed by atoms with Gasteiger partial charge >= 0.3 is 5.97 Å². The lowest BCUT2D eigenvalue weighted by molar-refractivity contribution is -0.142. The average molecular weight is 302 g/mol. The van der Waals surface area contributed by atoms with Crippen molar-refractivity contribution in [2.75, 3.05) is 38.9 Å². The van der Waals surface area contributed by atoms with Crippen LogP contribution in [0, 0.1) is 0 Å². The molecule has 0 saturated heterocycles. The van der Waals surface area contributed by atoms with Crippen LogP contribution in [-0.2, 0) is 30.2 Å². The number of hydrogen-bond donors (Lipinski definition) is 1. The molecule has 1 heterocycles. The van der Waals surface area contributed by atoms with Gasteiger partial charge in [-0.25, -0.2) is 4.98 Å². The highest BCUT2D eigenvalue weighted by Crippen LogP contribution is 2.15. The second-order valence-electron chi connectivity index (χ2n) is 3.72. The van der Waals surface area contributed by atoms with E-state index in [1.54, 1.807) is 19.4 Å². The lowest BCUT2D eigenvalue weighted by Crippen LogP contribution is -2.19. The maximum atomic E-state index is 11.5. The molecule has 0 radical (unpaired) electrons. The molecule has 1 aromatic rings. The SMILES string of the molecule is CCOC(=O)Cc1csc(NC(=O)COCCOC)n1. The zero-order valence-corrected chi connectivity index (χ0v) is 12.3. The van der Waals surface area contributed by atoms with Gasteiger partial charge in [-0.3, -0.25) is 14.9 Å². The molecule has 0 unspecified atom stereocenters. The fraction of sp³-hybridized carbons (Fsp3) is 0.583. The van der Waals surface area contributed by atoms with Gasteiger partial charge in [-0.1, -0.05) is 0 Å². The molecule has 1 rings (SSSR count). The zero-order valence-electron chi connectivity index (χ0n) is 11.5. The van der Waals surface area contributed by atoms with Crippen LogP contribution in [0.4, 0.5) is 5.13 Å². The van der Waals surface area contributed by atoms with Crippen molar-refractivity contribution in [2.24, 2.45) is 0 Å². The van der Waals surface area contributed by atoms with E-state index >= 15 is 0 Å². The third-order valence-corrected chi connectivity index (χ3v) is 2.90. The number of amides is 1. The molecule has 0 spiro atoms. The molecule has 7 nitrogen and oxygen atoms in total. The minimum absolute atomic E-state index is 0.0594. The second kappa shape index (κ2) is 9.40. The molecule has 1 aromatic heterocycles. The van der Waals surface area contributed by atoms with Gasteiger partial charge in [0.05, 0.1) is 31.9 Å². The maximum Gasteiger partial charge on any atom is 0.311 e. The fourth-order valence-electron chi connectivity index (χ4n) is 1.27. The van der Waals surface area contributed by atoms with Crippen molar-refractivity contribution in [3.8, 4) is 0 Å². The first-order valence-electron chi connectivity index (χ1n) is 6.12. The van der Waals surface area contributed by atoms with Crippen molar-refractivity contribution >= 4 is 28.3 Å². The van der Waals surface area contributed by atoms with Gasteiger partial charge in [-0.15, -0.1) is 11.3 Å². The summed E-state index contributed by atoms with van der Waals surface area (Å²) in [6.45, 7) is 2.82. The number of carbonyl (C=O) groups excluding carboxylic acids is 2. The van der Waals surface area contributed by atoms with E-state index in [4.69, 9.17) is 14.2 Å². The number of aromatic nitrogens is 1. The van der Waals surface area contributed by atoms with Gasteiger partial charge in [0.1, 0.15) is 6.61 Å². The molecule has 0 aliphatic rings. The van der Waals surface area contributed by atoms with Crippen molar-refractivity contribution < 1.29 is 23.8 Å². The van der Waals surface area contributed by atoms with E-state index in [0.29, 0.717) is 30.6 Å². The van der Waals surface area contributed by atoms with Crippen LogP contribution in [0.1, 0.15) is 12.6 Å². The number of nitrogens with zero attached hydrogens (tertiary/aromatic N) is 1. The number of carbonyl (C=O) groups is 2. The summed E-state index contributed by atoms with van der Waals surface area (Å²) in [5, 5.41) is 4.74. The Kier molecular flexibility index (Phi) is 7.78. The summed E-state index contributed by atoms with van der Waals surface area (Å²) >= 11 is 1.25. The van der Waals surface area contributed by atoms with Gasteiger partial charge in [-0.05, 0) is 6.92 Å². The number of rotatable bonds is 9. The predicted octanol–water partition coefficient (Wildman–Crippen LogP) is 0.850. The highest BCUT2D eigenvalue weighted by Gasteiger charge is 2.10. The van der Waals surface area contributed by atoms with Crippen molar-refractivity contribution in [3.63, 3.8) is 0 Å². The standard InChI is InChI=1S/C12H18N2O5S/c1-3-19-11(16)6-9-8-20-12(13-9)14-10(15)7-18-5-4-17-2/h8H,3-7H2,1-2H3,(H,13,14,15). The third kappa shape index (κ3) is 6.60. The van der Waals surface area contributed by atoms with Crippen molar-refractivity contribution in [1.29, 1.82) is 0 Å². The second-order valence-corrected chi connectivity index (χ2v) is 4.58. The van der Waals surface area contributed by atoms with Crippen LogP contribution < -0.4 is 5.32 Å². The van der Waals surface area contributed by atoms with Crippen LogP contribution in [0.2, 0.25) is 0 Å². The van der Waals surface area contributed by atoms with Gasteiger partial charge in [0.15, 0.2) is 5.13 Å². The van der Waals surface area contributed by atoms with Crippen LogP contribution in [-0.4, -0.2) is 50.4 Å². The summed E-state index contributed by atoms with van der Waals surface area (Å²) in [5.41, 5.74) is 0.573. The van der Waals surface area contributed by atoms with E-state index in [1.165, 1.54) is 11.3 Å². The summed E-state index contributed by atoms with van der Waals surface area (Å²) in [7, 11) is 1.56. The Morgan fingerprint density at radius 1 is 1.40 bits per heavy atom. The highest BCUT2D eigenvalue weighted by atomic mass is 32.1. The van der Waals surface area contributed by atoms with E-state index < -0.39 is 0 Å². The number of ether oxygens (including phenoxy) is 3. The molecule has 0 aliphatic carbocycles. The molecule has 8 heteroatoms. The Morgan fingerprint density at radius 3 is 2.90 bits per heavy atom. The van der Waals surface area contributed by atoms with Gasteiger partial charge in [0.25, 0.3) is 5.91 Å². The first-order valence-corrected chi connectivity index (χ1v) is 7.00. The summed E-state index contributed by atoms with van der Waals surface area (Å²) in [4.78, 5) is 26.9. The van der Waals surface area contributed by atoms with Gasteiger partial charge < -0.3 is 14.2 Å². The Labute approximate surface area is 121 Å². The lowest BCUT2D eigenvalue weighted by atomic mass is 10.3. The minimum Gasteiger partial charge on any atom is -0.466 e. The Bertz CT molecular complexity index is 435. The molecule has 1 amide bonds. The Hall–Kier alpha value is -1.51. The monoisotopic (exact) mass is 302 g/mol. The third-order valence-electron chi connectivity index (χ3n) is 2.09. The predicted molar refractivity (Wildman–Crippen MR) is 73.8 cm³/mol. The summed E-state index contributed by atoms with van der Waals surface area (Å²) < 4.78 is 14.7. The number of anilines is 1. The minimum atomic E-state index is -0.335. The zero-order chi connectivity index (χ0) is 14.8. The van der Waals surface area contributed by atoms with E-state index in [9.17, 15) is 9.59 Å². The van der Waals surface area contributed by atoms with Crippen LogP contribution in [0.3, 0.4) is 0 Å². The maximum absolute atomic E-state index is 11.5. The Balaban J connectivity index is 2.32. The quantitative estimate of drug-likeness (QED) is 0.537. The van der Waals surface area contributed by atoms with Gasteiger partial charge in [-0.2, -0.15) is 0 Å². The largest absolute Gasteiger partial charge is 0.466 e. The first kappa shape index (κ1) is 16.5. The molecule has 0 aliphatic heterocycles. The van der Waals surface area contributed by atoms with Gasteiger partial charge in [0.2, 0.25) is 0 Å². The van der Waals surface area contributed by atoms with E-state index in [2.05, 4.69) is 10.3 Å². The molecule has 20 heavy (non-hydrogen) atoms. The molecule has 0 fully saturated rings. The van der Waals surface area contributed by atoms with E-state index in [1.807, 2.05) is 0 Å². The molecule has 0 atom stereocenters. The average Bonchev–Trinajstić information content (AvgIpc) is 2.82. The van der Waals surface area contributed by atoms with Crippen molar-refractivity contribution in [3.05, 3.63) is 11.1 Å². The fourth-order valence-corrected chi connectivity index (χ4v) is 1.99. The van der Waals surface area contributed by atoms with E-state index in [-0.39, 0.29) is 24.9 Å². The topological polar surface area (TPSA) is 86.8 Å². The number of esters is 1. The molecule has 0 bridgehead atoms. The van der Waals surface area contributed by atoms with Crippen molar-refractivity contribution in [1.82, 2.24) is 4.98 Å². The molecule has 1 N–H and O–H groups in total. The summed E-state index contributed by atoms with van der Waals surface area (Å²) in [5.74, 6) is -0.628. The molecular weight excluding hydrogens is 284 g/mol. The number of nitrogens with one attached hydrogen (secondary N) is 1. The first-order chi connectivity index (χ1) is 9.65. The number of thiazole rings is 1. The molecular formula is C12H18N2O5S. The van der Waals surface area contributed by atoms with Crippen molar-refractivity contribution in [2.45, 2.75) is 13.3 Å². The van der Waals surface area contributed by atoms with Crippen LogP contribution in [0.15, 0.2) is 5.38 Å². The Morgan fingerprint density at radius 2 is 2.20 bits per heavy atom. The summed E-state index contributed by atoms with van der Waals surface area (Å²) in [6.07, 6.45) is 0.102. The smallest absolute Gasteiger partial charge is 0.311 e. The number of methoxy groups -OCH3 is 1. The van der Waals surface area contributed by atoms with Crippen LogP contribution in [0.25, 0.3) is 0 Å². The highest BCUT2D eigenvalue weighted by molar-refractivity contribution is 7.13.